The molecule has 1 saturated heterocycles. The molecule has 1 amide bonds. The molecule has 2 aromatic rings. The Kier molecular flexibility index (Phi) is 4.24. The molecule has 1 fully saturated rings. The number of hydrogen-bond donors (Lipinski definition) is 0. The minimum Gasteiger partial charge on any atom is -0.454 e. The average Bonchev–Trinajstić information content (AvgIpc) is 2.68. The maximum absolute atomic E-state index is 12.7. The van der Waals surface area contributed by atoms with E-state index in [1.165, 1.54) is 0 Å². The first-order chi connectivity index (χ1) is 12.2. The van der Waals surface area contributed by atoms with Gasteiger partial charge in [0.15, 0.2) is 0 Å². The molecular formula is C20H19NO4. The highest BCUT2D eigenvalue weighted by Crippen LogP contribution is 2.31. The monoisotopic (exact) mass is 337 g/mol. The number of carbonyl (C=O) groups is 2. The highest BCUT2D eigenvalue weighted by molar-refractivity contribution is 5.97. The lowest BCUT2D eigenvalue weighted by atomic mass is 9.93. The van der Waals surface area contributed by atoms with E-state index in [-0.39, 0.29) is 18.0 Å². The van der Waals surface area contributed by atoms with Crippen molar-refractivity contribution in [2.45, 2.75) is 12.5 Å². The Balaban J connectivity index is 1.61. The number of amides is 1. The first-order valence-electron chi connectivity index (χ1n) is 8.48. The Morgan fingerprint density at radius 2 is 1.80 bits per heavy atom. The van der Waals surface area contributed by atoms with Crippen molar-refractivity contribution >= 4 is 11.9 Å². The van der Waals surface area contributed by atoms with Crippen molar-refractivity contribution in [3.05, 3.63) is 70.8 Å². The normalized spacial score (nSPS) is 19.9. The van der Waals surface area contributed by atoms with E-state index in [9.17, 15) is 9.59 Å². The Morgan fingerprint density at radius 3 is 2.56 bits per heavy atom. The van der Waals surface area contributed by atoms with E-state index in [4.69, 9.17) is 9.47 Å². The number of carbonyl (C=O) groups excluding carboxylic acids is 2. The second kappa shape index (κ2) is 6.69. The molecule has 2 aromatic carbocycles. The zero-order valence-corrected chi connectivity index (χ0v) is 13.8. The smallest absolute Gasteiger partial charge is 0.339 e. The van der Waals surface area contributed by atoms with Gasteiger partial charge in [-0.05, 0) is 29.3 Å². The van der Waals surface area contributed by atoms with Gasteiger partial charge in [0.2, 0.25) is 0 Å². The molecule has 2 aliphatic heterocycles. The van der Waals surface area contributed by atoms with Crippen LogP contribution in [-0.2, 0) is 15.9 Å². The minimum absolute atomic E-state index is 0.0127. The molecule has 0 unspecified atom stereocenters. The van der Waals surface area contributed by atoms with E-state index in [0.717, 1.165) is 11.1 Å². The van der Waals surface area contributed by atoms with Crippen LogP contribution in [0.3, 0.4) is 0 Å². The van der Waals surface area contributed by atoms with Crippen LogP contribution in [0.5, 0.6) is 0 Å². The zero-order chi connectivity index (χ0) is 17.2. The van der Waals surface area contributed by atoms with Gasteiger partial charge < -0.3 is 14.4 Å². The van der Waals surface area contributed by atoms with Crippen molar-refractivity contribution in [3.63, 3.8) is 0 Å². The summed E-state index contributed by atoms with van der Waals surface area (Å²) in [5.74, 6) is -0.346. The molecule has 0 spiro atoms. The third-order valence-corrected chi connectivity index (χ3v) is 4.70. The number of morpholine rings is 1. The molecule has 0 saturated carbocycles. The average molecular weight is 337 g/mol. The fourth-order valence-corrected chi connectivity index (χ4v) is 3.33. The van der Waals surface area contributed by atoms with Crippen molar-refractivity contribution in [2.24, 2.45) is 0 Å². The lowest BCUT2D eigenvalue weighted by Crippen LogP contribution is -2.40. The topological polar surface area (TPSA) is 55.8 Å². The summed E-state index contributed by atoms with van der Waals surface area (Å²) in [4.78, 5) is 26.8. The van der Waals surface area contributed by atoms with Gasteiger partial charge in [-0.1, -0.05) is 30.3 Å². The molecule has 1 atom stereocenters. The molecule has 0 aliphatic carbocycles. The van der Waals surface area contributed by atoms with Crippen LogP contribution in [0.25, 0.3) is 0 Å². The summed E-state index contributed by atoms with van der Waals surface area (Å²) in [6.07, 6.45) is 0.268. The van der Waals surface area contributed by atoms with Crippen molar-refractivity contribution in [1.29, 1.82) is 0 Å². The van der Waals surface area contributed by atoms with Gasteiger partial charge in [-0.25, -0.2) is 4.79 Å². The number of ether oxygens (including phenoxy) is 2. The number of esters is 1. The molecule has 5 heteroatoms. The summed E-state index contributed by atoms with van der Waals surface area (Å²) in [7, 11) is 0. The van der Waals surface area contributed by atoms with E-state index in [2.05, 4.69) is 0 Å². The van der Waals surface area contributed by atoms with E-state index < -0.39 is 0 Å². The largest absolute Gasteiger partial charge is 0.454 e. The fourth-order valence-electron chi connectivity index (χ4n) is 3.33. The third-order valence-electron chi connectivity index (χ3n) is 4.70. The predicted molar refractivity (Wildman–Crippen MR) is 91.5 cm³/mol. The minimum atomic E-state index is -0.333. The summed E-state index contributed by atoms with van der Waals surface area (Å²) < 4.78 is 10.9. The molecule has 2 aliphatic rings. The number of fused-ring (bicyclic) bond motifs is 1. The Bertz CT molecular complexity index is 797. The summed E-state index contributed by atoms with van der Waals surface area (Å²) in [6.45, 7) is 2.34. The highest BCUT2D eigenvalue weighted by atomic mass is 16.5. The van der Waals surface area contributed by atoms with Crippen molar-refractivity contribution < 1.29 is 19.1 Å². The number of hydrogen-bond acceptors (Lipinski definition) is 4. The van der Waals surface area contributed by atoms with Crippen molar-refractivity contribution in [1.82, 2.24) is 4.90 Å². The molecule has 4 rings (SSSR count). The van der Waals surface area contributed by atoms with Gasteiger partial charge in [-0.2, -0.15) is 0 Å². The van der Waals surface area contributed by atoms with Gasteiger partial charge in [0.05, 0.1) is 18.8 Å². The highest BCUT2D eigenvalue weighted by Gasteiger charge is 2.29. The Labute approximate surface area is 146 Å². The second-order valence-corrected chi connectivity index (χ2v) is 6.29. The van der Waals surface area contributed by atoms with Gasteiger partial charge in [0, 0.05) is 25.1 Å². The Hall–Kier alpha value is -2.66. The van der Waals surface area contributed by atoms with E-state index in [1.54, 1.807) is 17.0 Å². The van der Waals surface area contributed by atoms with Gasteiger partial charge in [0.25, 0.3) is 5.91 Å². The number of cyclic esters (lactones) is 1. The molecular weight excluding hydrogens is 318 g/mol. The second-order valence-electron chi connectivity index (χ2n) is 6.29. The van der Waals surface area contributed by atoms with E-state index in [1.807, 2.05) is 36.4 Å². The van der Waals surface area contributed by atoms with E-state index in [0.29, 0.717) is 43.9 Å². The summed E-state index contributed by atoms with van der Waals surface area (Å²) in [5.41, 5.74) is 2.99. The maximum atomic E-state index is 12.7. The summed E-state index contributed by atoms with van der Waals surface area (Å²) in [6, 6.07) is 14.9. The lowest BCUT2D eigenvalue weighted by Gasteiger charge is -2.28. The first-order valence-corrected chi connectivity index (χ1v) is 8.48. The standard InChI is InChI=1S/C20H19NO4/c22-19(21-8-10-24-11-9-21)15-6-7-17-16(12-15)13-18(25-20(17)23)14-4-2-1-3-5-14/h1-7,12,18H,8-11,13H2/t18-/m0/s1. The van der Waals surface area contributed by atoms with Gasteiger partial charge in [0.1, 0.15) is 6.10 Å². The molecule has 0 bridgehead atoms. The van der Waals surface area contributed by atoms with Crippen molar-refractivity contribution in [3.8, 4) is 0 Å². The van der Waals surface area contributed by atoms with Crippen LogP contribution in [0.2, 0.25) is 0 Å². The molecule has 5 nitrogen and oxygen atoms in total. The summed E-state index contributed by atoms with van der Waals surface area (Å²) in [5, 5.41) is 0. The van der Waals surface area contributed by atoms with Crippen LogP contribution in [0, 0.1) is 0 Å². The van der Waals surface area contributed by atoms with Crippen LogP contribution >= 0.6 is 0 Å². The van der Waals surface area contributed by atoms with Crippen LogP contribution in [0.4, 0.5) is 0 Å². The quantitative estimate of drug-likeness (QED) is 0.791. The summed E-state index contributed by atoms with van der Waals surface area (Å²) >= 11 is 0. The van der Waals surface area contributed by atoms with Gasteiger partial charge in [-0.3, -0.25) is 4.79 Å². The van der Waals surface area contributed by atoms with Crippen LogP contribution in [0.1, 0.15) is 37.9 Å². The molecule has 0 aromatic heterocycles. The maximum Gasteiger partial charge on any atom is 0.339 e. The van der Waals surface area contributed by atoms with Crippen LogP contribution in [0.15, 0.2) is 48.5 Å². The lowest BCUT2D eigenvalue weighted by molar-refractivity contribution is 0.0249. The third kappa shape index (κ3) is 3.15. The number of rotatable bonds is 2. The zero-order valence-electron chi connectivity index (χ0n) is 13.8. The number of benzene rings is 2. The molecule has 128 valence electrons. The van der Waals surface area contributed by atoms with Crippen molar-refractivity contribution in [2.75, 3.05) is 26.3 Å². The molecule has 2 heterocycles. The number of nitrogens with zero attached hydrogens (tertiary/aromatic N) is 1. The molecule has 0 radical (unpaired) electrons. The SMILES string of the molecule is O=C1O[C@H](c2ccccc2)Cc2cc(C(=O)N3CCOCC3)ccc21. The van der Waals surface area contributed by atoms with Gasteiger partial charge in [-0.15, -0.1) is 0 Å². The van der Waals surface area contributed by atoms with Crippen LogP contribution in [-0.4, -0.2) is 43.1 Å². The fraction of sp³-hybridized carbons (Fsp3) is 0.300. The van der Waals surface area contributed by atoms with E-state index >= 15 is 0 Å². The Morgan fingerprint density at radius 1 is 1.04 bits per heavy atom. The van der Waals surface area contributed by atoms with Gasteiger partial charge >= 0.3 is 5.97 Å². The first kappa shape index (κ1) is 15.8. The molecule has 0 N–H and O–H groups in total. The predicted octanol–water partition coefficient (Wildman–Crippen LogP) is 2.61. The van der Waals surface area contributed by atoms with Crippen LogP contribution < -0.4 is 0 Å². The molecule has 25 heavy (non-hydrogen) atoms.